The highest BCUT2D eigenvalue weighted by molar-refractivity contribution is 5.87. The fourth-order valence-corrected chi connectivity index (χ4v) is 11.9. The summed E-state index contributed by atoms with van der Waals surface area (Å²) in [4.78, 5) is 13.0. The van der Waals surface area contributed by atoms with Crippen LogP contribution in [-0.2, 0) is 9.53 Å². The number of fused-ring (bicyclic) bond motifs is 7. The maximum absolute atomic E-state index is 13.0. The molecule has 0 bridgehead atoms. The van der Waals surface area contributed by atoms with Crippen LogP contribution >= 0.6 is 0 Å². The Morgan fingerprint density at radius 2 is 1.59 bits per heavy atom. The average molecular weight is 557 g/mol. The molecule has 10 atom stereocenters. The molecule has 0 aromatic heterocycles. The van der Waals surface area contributed by atoms with Gasteiger partial charge >= 0.3 is 5.97 Å². The molecule has 4 fully saturated rings. The summed E-state index contributed by atoms with van der Waals surface area (Å²) in [7, 11) is 0. The van der Waals surface area contributed by atoms with Gasteiger partial charge in [-0.05, 0) is 121 Å². The molecular formula is C39H56O2. The van der Waals surface area contributed by atoms with Crippen LogP contribution < -0.4 is 0 Å². The SMILES string of the molecule is CC1CCC2(C)CCC3(C)C(=CCC4C5(C)CCC(OC(=O)C=Cc6ccccc6)C(C)(C)C5CCC43C)C2C1C. The van der Waals surface area contributed by atoms with E-state index in [2.05, 4.69) is 61.5 Å². The Hall–Kier alpha value is -1.83. The molecule has 5 aliphatic carbocycles. The van der Waals surface area contributed by atoms with Gasteiger partial charge < -0.3 is 4.74 Å². The second kappa shape index (κ2) is 9.85. The van der Waals surface area contributed by atoms with Gasteiger partial charge in [0.05, 0.1) is 0 Å². The van der Waals surface area contributed by atoms with Gasteiger partial charge in [0.2, 0.25) is 0 Å². The van der Waals surface area contributed by atoms with E-state index < -0.39 is 0 Å². The number of allylic oxidation sites excluding steroid dienone is 2. The molecule has 0 spiro atoms. The fraction of sp³-hybridized carbons (Fsp3) is 0.718. The van der Waals surface area contributed by atoms with Crippen molar-refractivity contribution in [3.05, 3.63) is 53.6 Å². The van der Waals surface area contributed by atoms with E-state index in [0.717, 1.165) is 36.2 Å². The summed E-state index contributed by atoms with van der Waals surface area (Å²) >= 11 is 0. The second-order valence-corrected chi connectivity index (χ2v) is 16.8. The minimum Gasteiger partial charge on any atom is -0.459 e. The van der Waals surface area contributed by atoms with E-state index >= 15 is 0 Å². The Bertz CT molecular complexity index is 1230. The number of ether oxygens (including phenoxy) is 1. The molecule has 6 rings (SSSR count). The molecule has 0 heterocycles. The van der Waals surface area contributed by atoms with Gasteiger partial charge in [0, 0.05) is 11.5 Å². The summed E-state index contributed by atoms with van der Waals surface area (Å²) in [5.41, 5.74) is 4.25. The van der Waals surface area contributed by atoms with Gasteiger partial charge in [0.1, 0.15) is 6.10 Å². The highest BCUT2D eigenvalue weighted by atomic mass is 16.5. The van der Waals surface area contributed by atoms with Crippen molar-refractivity contribution in [2.75, 3.05) is 0 Å². The molecule has 5 aliphatic rings. The van der Waals surface area contributed by atoms with E-state index in [-0.39, 0.29) is 22.9 Å². The van der Waals surface area contributed by atoms with E-state index in [1.54, 1.807) is 6.08 Å². The van der Waals surface area contributed by atoms with Crippen molar-refractivity contribution in [3.8, 4) is 0 Å². The molecule has 0 saturated heterocycles. The first kappa shape index (κ1) is 29.3. The van der Waals surface area contributed by atoms with Crippen molar-refractivity contribution in [1.29, 1.82) is 0 Å². The van der Waals surface area contributed by atoms with Crippen LogP contribution in [0.3, 0.4) is 0 Å². The van der Waals surface area contributed by atoms with E-state index in [1.807, 2.05) is 42.0 Å². The summed E-state index contributed by atoms with van der Waals surface area (Å²) < 4.78 is 6.24. The third kappa shape index (κ3) is 4.27. The Morgan fingerprint density at radius 1 is 0.854 bits per heavy atom. The van der Waals surface area contributed by atoms with E-state index in [9.17, 15) is 4.79 Å². The quantitative estimate of drug-likeness (QED) is 0.210. The normalized spacial score (nSPS) is 46.9. The molecule has 0 amide bonds. The van der Waals surface area contributed by atoms with Gasteiger partial charge in [-0.1, -0.05) is 97.4 Å². The summed E-state index contributed by atoms with van der Waals surface area (Å²) in [6.45, 7) is 20.6. The van der Waals surface area contributed by atoms with Crippen LogP contribution in [-0.4, -0.2) is 12.1 Å². The Kier molecular flexibility index (Phi) is 7.03. The molecule has 2 nitrogen and oxygen atoms in total. The highest BCUT2D eigenvalue weighted by Crippen LogP contribution is 2.75. The lowest BCUT2D eigenvalue weighted by Gasteiger charge is -2.71. The molecule has 0 aliphatic heterocycles. The number of rotatable bonds is 3. The Labute approximate surface area is 250 Å². The van der Waals surface area contributed by atoms with Crippen molar-refractivity contribution in [2.24, 2.45) is 56.7 Å². The minimum atomic E-state index is -0.199. The van der Waals surface area contributed by atoms with Crippen LogP contribution in [0.25, 0.3) is 6.08 Å². The zero-order chi connectivity index (χ0) is 29.4. The predicted molar refractivity (Wildman–Crippen MR) is 170 cm³/mol. The fourth-order valence-electron chi connectivity index (χ4n) is 11.9. The van der Waals surface area contributed by atoms with Crippen LogP contribution in [0.15, 0.2) is 48.1 Å². The lowest BCUT2D eigenvalue weighted by Crippen LogP contribution is -2.65. The first-order valence-electron chi connectivity index (χ1n) is 16.9. The van der Waals surface area contributed by atoms with Crippen LogP contribution in [0.1, 0.15) is 119 Å². The highest BCUT2D eigenvalue weighted by Gasteiger charge is 2.68. The maximum atomic E-state index is 13.0. The standard InChI is InChI=1S/C39H56O2/c1-26-18-21-36(5)24-25-38(7)29(34(36)27(26)2)15-16-31-37(6)22-20-32(35(3,4)30(37)19-23-39(31,38)8)41-33(40)17-14-28-12-10-9-11-13-28/h9-15,17,26-27,30-32,34H,16,18-25H2,1-8H3. The summed E-state index contributed by atoms with van der Waals surface area (Å²) in [5.74, 6) is 3.43. The third-order valence-corrected chi connectivity index (χ3v) is 14.8. The molecular weight excluding hydrogens is 500 g/mol. The number of carbonyl (C=O) groups is 1. The Balaban J connectivity index is 1.26. The van der Waals surface area contributed by atoms with Crippen molar-refractivity contribution in [2.45, 2.75) is 119 Å². The van der Waals surface area contributed by atoms with Gasteiger partial charge in [0.15, 0.2) is 0 Å². The topological polar surface area (TPSA) is 26.3 Å². The van der Waals surface area contributed by atoms with Gasteiger partial charge in [-0.25, -0.2) is 4.79 Å². The number of hydrogen-bond acceptors (Lipinski definition) is 2. The second-order valence-electron chi connectivity index (χ2n) is 16.8. The van der Waals surface area contributed by atoms with Crippen LogP contribution in [0.4, 0.5) is 0 Å². The van der Waals surface area contributed by atoms with Crippen molar-refractivity contribution >= 4 is 12.0 Å². The van der Waals surface area contributed by atoms with Crippen LogP contribution in [0.2, 0.25) is 0 Å². The van der Waals surface area contributed by atoms with Crippen molar-refractivity contribution in [1.82, 2.24) is 0 Å². The Morgan fingerprint density at radius 3 is 2.32 bits per heavy atom. The molecule has 1 aromatic rings. The molecule has 41 heavy (non-hydrogen) atoms. The van der Waals surface area contributed by atoms with E-state index in [1.165, 1.54) is 44.9 Å². The number of carbonyl (C=O) groups excluding carboxylic acids is 1. The molecule has 2 heteroatoms. The van der Waals surface area contributed by atoms with Gasteiger partial charge in [-0.15, -0.1) is 0 Å². The van der Waals surface area contributed by atoms with Crippen LogP contribution in [0.5, 0.6) is 0 Å². The summed E-state index contributed by atoms with van der Waals surface area (Å²) in [6, 6.07) is 10.0. The largest absolute Gasteiger partial charge is 0.459 e. The summed E-state index contributed by atoms with van der Waals surface area (Å²) in [6.07, 6.45) is 17.8. The molecule has 0 N–H and O–H groups in total. The molecule has 4 saturated carbocycles. The third-order valence-electron chi connectivity index (χ3n) is 14.8. The molecule has 1 aromatic carbocycles. The molecule has 0 radical (unpaired) electrons. The van der Waals surface area contributed by atoms with E-state index in [4.69, 9.17) is 4.74 Å². The minimum absolute atomic E-state index is 0.0249. The lowest BCUT2D eigenvalue weighted by molar-refractivity contribution is -0.211. The van der Waals surface area contributed by atoms with Crippen LogP contribution in [0, 0.1) is 56.7 Å². The lowest BCUT2D eigenvalue weighted by atomic mass is 9.33. The van der Waals surface area contributed by atoms with E-state index in [0.29, 0.717) is 28.1 Å². The predicted octanol–water partition coefficient (Wildman–Crippen LogP) is 10.3. The maximum Gasteiger partial charge on any atom is 0.331 e. The zero-order valence-corrected chi connectivity index (χ0v) is 27.3. The smallest absolute Gasteiger partial charge is 0.331 e. The molecule has 10 unspecified atom stereocenters. The number of benzene rings is 1. The van der Waals surface area contributed by atoms with Gasteiger partial charge in [-0.2, -0.15) is 0 Å². The first-order valence-corrected chi connectivity index (χ1v) is 16.9. The van der Waals surface area contributed by atoms with Crippen molar-refractivity contribution in [3.63, 3.8) is 0 Å². The van der Waals surface area contributed by atoms with Gasteiger partial charge in [0.25, 0.3) is 0 Å². The molecule has 224 valence electrons. The number of hydrogen-bond donors (Lipinski definition) is 0. The first-order chi connectivity index (χ1) is 19.3. The monoisotopic (exact) mass is 556 g/mol. The van der Waals surface area contributed by atoms with Gasteiger partial charge in [-0.3, -0.25) is 0 Å². The van der Waals surface area contributed by atoms with Crippen molar-refractivity contribution < 1.29 is 9.53 Å². The number of esters is 1. The average Bonchev–Trinajstić information content (AvgIpc) is 2.93. The zero-order valence-electron chi connectivity index (χ0n) is 27.3. The summed E-state index contributed by atoms with van der Waals surface area (Å²) in [5, 5.41) is 0.